The van der Waals surface area contributed by atoms with Crippen LogP contribution in [0.15, 0.2) is 12.1 Å². The standard InChI is InChI=1S/C16H25F/c1-11-8-12(10-15(2,3)4)9-13(17)14(11)16(5,6)7/h8-9H,10H2,1-7H3. The van der Waals surface area contributed by atoms with Crippen LogP contribution in [0.1, 0.15) is 58.2 Å². The van der Waals surface area contributed by atoms with Crippen molar-refractivity contribution in [3.63, 3.8) is 0 Å². The lowest BCUT2D eigenvalue weighted by atomic mass is 9.81. The van der Waals surface area contributed by atoms with Gasteiger partial charge in [0.1, 0.15) is 5.82 Å². The van der Waals surface area contributed by atoms with Crippen molar-refractivity contribution in [2.24, 2.45) is 5.41 Å². The van der Waals surface area contributed by atoms with E-state index in [-0.39, 0.29) is 16.6 Å². The van der Waals surface area contributed by atoms with Gasteiger partial charge in [0, 0.05) is 0 Å². The zero-order chi connectivity index (χ0) is 13.4. The molecule has 0 aromatic heterocycles. The molecule has 0 N–H and O–H groups in total. The minimum atomic E-state index is -0.131. The molecule has 1 rings (SSSR count). The summed E-state index contributed by atoms with van der Waals surface area (Å²) in [6.07, 6.45) is 0.912. The van der Waals surface area contributed by atoms with Crippen LogP contribution in [-0.2, 0) is 11.8 Å². The largest absolute Gasteiger partial charge is 0.207 e. The summed E-state index contributed by atoms with van der Waals surface area (Å²) in [7, 11) is 0. The third-order valence-electron chi connectivity index (χ3n) is 2.83. The molecule has 0 unspecified atom stereocenters. The first kappa shape index (κ1) is 14.2. The Labute approximate surface area is 105 Å². The fourth-order valence-corrected chi connectivity index (χ4v) is 2.48. The summed E-state index contributed by atoms with van der Waals surface area (Å²) in [5.74, 6) is -0.0586. The first-order valence-electron chi connectivity index (χ1n) is 6.30. The predicted octanol–water partition coefficient (Wildman–Crippen LogP) is 5.02. The van der Waals surface area contributed by atoms with Gasteiger partial charge in [0.25, 0.3) is 0 Å². The molecule has 96 valence electrons. The number of benzene rings is 1. The number of halogens is 1. The Morgan fingerprint density at radius 2 is 1.53 bits per heavy atom. The topological polar surface area (TPSA) is 0 Å². The summed E-state index contributed by atoms with van der Waals surface area (Å²) in [6.45, 7) is 14.7. The normalized spacial score (nSPS) is 12.9. The maximum Gasteiger partial charge on any atom is 0.127 e. The molecule has 0 aliphatic rings. The highest BCUT2D eigenvalue weighted by Crippen LogP contribution is 2.31. The lowest BCUT2D eigenvalue weighted by molar-refractivity contribution is 0.409. The Balaban J connectivity index is 3.19. The van der Waals surface area contributed by atoms with Crippen LogP contribution in [0.25, 0.3) is 0 Å². The monoisotopic (exact) mass is 236 g/mol. The molecular formula is C16H25F. The van der Waals surface area contributed by atoms with E-state index in [4.69, 9.17) is 0 Å². The predicted molar refractivity (Wildman–Crippen MR) is 73.0 cm³/mol. The van der Waals surface area contributed by atoms with E-state index < -0.39 is 0 Å². The average Bonchev–Trinajstić information content (AvgIpc) is 1.94. The summed E-state index contributed by atoms with van der Waals surface area (Å²) in [5.41, 5.74) is 3.07. The summed E-state index contributed by atoms with van der Waals surface area (Å²) in [4.78, 5) is 0. The lowest BCUT2D eigenvalue weighted by Gasteiger charge is -2.24. The zero-order valence-electron chi connectivity index (χ0n) is 12.2. The highest BCUT2D eigenvalue weighted by molar-refractivity contribution is 5.37. The molecule has 1 aromatic rings. The van der Waals surface area contributed by atoms with Crippen molar-refractivity contribution in [1.82, 2.24) is 0 Å². The number of hydrogen-bond acceptors (Lipinski definition) is 0. The molecule has 1 heteroatoms. The van der Waals surface area contributed by atoms with E-state index in [1.165, 1.54) is 0 Å². The summed E-state index contributed by atoms with van der Waals surface area (Å²) < 4.78 is 14.2. The van der Waals surface area contributed by atoms with E-state index in [0.29, 0.717) is 0 Å². The van der Waals surface area contributed by atoms with Crippen LogP contribution in [0.4, 0.5) is 4.39 Å². The number of rotatable bonds is 1. The first-order valence-corrected chi connectivity index (χ1v) is 6.30. The third-order valence-corrected chi connectivity index (χ3v) is 2.83. The van der Waals surface area contributed by atoms with Gasteiger partial charge in [0.2, 0.25) is 0 Å². The van der Waals surface area contributed by atoms with Gasteiger partial charge in [-0.2, -0.15) is 0 Å². The summed E-state index contributed by atoms with van der Waals surface area (Å²) in [5, 5.41) is 0. The highest BCUT2D eigenvalue weighted by atomic mass is 19.1. The van der Waals surface area contributed by atoms with Gasteiger partial charge in [-0.3, -0.25) is 0 Å². The van der Waals surface area contributed by atoms with Gasteiger partial charge in [-0.1, -0.05) is 47.6 Å². The molecule has 0 bridgehead atoms. The molecule has 0 aliphatic carbocycles. The lowest BCUT2D eigenvalue weighted by Crippen LogP contribution is -2.17. The molecule has 0 saturated carbocycles. The molecule has 0 spiro atoms. The maximum atomic E-state index is 14.2. The van der Waals surface area contributed by atoms with Crippen molar-refractivity contribution in [3.8, 4) is 0 Å². The van der Waals surface area contributed by atoms with Gasteiger partial charge in [0.05, 0.1) is 0 Å². The highest BCUT2D eigenvalue weighted by Gasteiger charge is 2.22. The van der Waals surface area contributed by atoms with Crippen LogP contribution in [-0.4, -0.2) is 0 Å². The smallest absolute Gasteiger partial charge is 0.127 e. The average molecular weight is 236 g/mol. The third kappa shape index (κ3) is 3.83. The Hall–Kier alpha value is -0.850. The second kappa shape index (κ2) is 4.44. The molecule has 0 amide bonds. The van der Waals surface area contributed by atoms with E-state index in [0.717, 1.165) is 23.1 Å². The molecule has 0 fully saturated rings. The molecule has 17 heavy (non-hydrogen) atoms. The van der Waals surface area contributed by atoms with Crippen LogP contribution >= 0.6 is 0 Å². The van der Waals surface area contributed by atoms with Gasteiger partial charge < -0.3 is 0 Å². The Morgan fingerprint density at radius 1 is 1.00 bits per heavy atom. The van der Waals surface area contributed by atoms with E-state index in [1.807, 2.05) is 6.92 Å². The molecule has 0 aliphatic heterocycles. The van der Waals surface area contributed by atoms with Crippen molar-refractivity contribution in [1.29, 1.82) is 0 Å². The van der Waals surface area contributed by atoms with Crippen LogP contribution in [0.2, 0.25) is 0 Å². The van der Waals surface area contributed by atoms with Crippen LogP contribution < -0.4 is 0 Å². The van der Waals surface area contributed by atoms with Gasteiger partial charge in [-0.15, -0.1) is 0 Å². The van der Waals surface area contributed by atoms with E-state index in [9.17, 15) is 4.39 Å². The minimum absolute atomic E-state index is 0.0586. The van der Waals surface area contributed by atoms with Gasteiger partial charge in [-0.25, -0.2) is 4.39 Å². The van der Waals surface area contributed by atoms with Crippen LogP contribution in [0, 0.1) is 18.2 Å². The Kier molecular flexibility index (Phi) is 3.71. The SMILES string of the molecule is Cc1cc(CC(C)(C)C)cc(F)c1C(C)(C)C. The quantitative estimate of drug-likeness (QED) is 0.642. The second-order valence-electron chi connectivity index (χ2n) is 7.26. The van der Waals surface area contributed by atoms with Gasteiger partial charge >= 0.3 is 0 Å². The molecule has 0 heterocycles. The minimum Gasteiger partial charge on any atom is -0.207 e. The first-order chi connectivity index (χ1) is 7.50. The van der Waals surface area contributed by atoms with E-state index >= 15 is 0 Å². The van der Waals surface area contributed by atoms with E-state index in [1.54, 1.807) is 6.07 Å². The van der Waals surface area contributed by atoms with Crippen molar-refractivity contribution in [3.05, 3.63) is 34.6 Å². The molecule has 0 nitrogen and oxygen atoms in total. The fraction of sp³-hybridized carbons (Fsp3) is 0.625. The zero-order valence-corrected chi connectivity index (χ0v) is 12.2. The Bertz CT molecular complexity index is 380. The molecule has 1 aromatic carbocycles. The van der Waals surface area contributed by atoms with Crippen molar-refractivity contribution < 1.29 is 4.39 Å². The second-order valence-corrected chi connectivity index (χ2v) is 7.26. The summed E-state index contributed by atoms with van der Waals surface area (Å²) in [6, 6.07) is 3.84. The Morgan fingerprint density at radius 3 is 1.88 bits per heavy atom. The fourth-order valence-electron chi connectivity index (χ4n) is 2.48. The molecule has 0 radical (unpaired) electrons. The summed E-state index contributed by atoms with van der Waals surface area (Å²) >= 11 is 0. The molecule has 0 saturated heterocycles. The number of aryl methyl sites for hydroxylation is 1. The van der Waals surface area contributed by atoms with Crippen molar-refractivity contribution in [2.75, 3.05) is 0 Å². The van der Waals surface area contributed by atoms with Crippen LogP contribution in [0.3, 0.4) is 0 Å². The van der Waals surface area contributed by atoms with Crippen molar-refractivity contribution in [2.45, 2.75) is 60.3 Å². The van der Waals surface area contributed by atoms with Gasteiger partial charge in [-0.05, 0) is 46.9 Å². The van der Waals surface area contributed by atoms with E-state index in [2.05, 4.69) is 47.6 Å². The number of hydrogen-bond donors (Lipinski definition) is 0. The maximum absolute atomic E-state index is 14.2. The van der Waals surface area contributed by atoms with Crippen LogP contribution in [0.5, 0.6) is 0 Å². The molecule has 0 atom stereocenters. The molecular weight excluding hydrogens is 211 g/mol. The van der Waals surface area contributed by atoms with Gasteiger partial charge in [0.15, 0.2) is 0 Å². The van der Waals surface area contributed by atoms with Crippen molar-refractivity contribution >= 4 is 0 Å².